The first-order valence-corrected chi connectivity index (χ1v) is 6.75. The fraction of sp³-hybridized carbons (Fsp3) is 0.125. The van der Waals surface area contributed by atoms with E-state index in [-0.39, 0.29) is 17.7 Å². The van der Waals surface area contributed by atoms with Crippen molar-refractivity contribution in [1.29, 1.82) is 5.26 Å². The SMILES string of the molecule is Cc1ccn(Cc2ncn(-c3ccccc3)n2)c(=O)c1C#N. The Morgan fingerprint density at radius 1 is 1.23 bits per heavy atom. The van der Waals surface area contributed by atoms with Gasteiger partial charge in [0.2, 0.25) is 0 Å². The van der Waals surface area contributed by atoms with Gasteiger partial charge in [-0.3, -0.25) is 4.79 Å². The van der Waals surface area contributed by atoms with Crippen molar-refractivity contribution in [2.24, 2.45) is 0 Å². The van der Waals surface area contributed by atoms with Gasteiger partial charge >= 0.3 is 0 Å². The van der Waals surface area contributed by atoms with Crippen LogP contribution >= 0.6 is 0 Å². The molecule has 3 aromatic rings. The van der Waals surface area contributed by atoms with Gasteiger partial charge in [0.1, 0.15) is 18.0 Å². The quantitative estimate of drug-likeness (QED) is 0.735. The standard InChI is InChI=1S/C16H13N5O/c1-12-7-8-20(16(22)14(12)9-17)10-15-18-11-21(19-15)13-5-3-2-4-6-13/h2-8,11H,10H2,1H3. The van der Waals surface area contributed by atoms with E-state index in [1.807, 2.05) is 36.4 Å². The Morgan fingerprint density at radius 3 is 2.73 bits per heavy atom. The molecule has 3 rings (SSSR count). The van der Waals surface area contributed by atoms with Crippen molar-refractivity contribution in [2.45, 2.75) is 13.5 Å². The molecule has 0 spiro atoms. The number of nitriles is 1. The molecule has 1 aromatic carbocycles. The minimum absolute atomic E-state index is 0.157. The number of aromatic nitrogens is 4. The third-order valence-corrected chi connectivity index (χ3v) is 3.36. The Bertz CT molecular complexity index is 902. The third-order valence-electron chi connectivity index (χ3n) is 3.36. The van der Waals surface area contributed by atoms with E-state index in [1.165, 1.54) is 4.57 Å². The molecule has 0 fully saturated rings. The van der Waals surface area contributed by atoms with Crippen molar-refractivity contribution in [3.8, 4) is 11.8 Å². The highest BCUT2D eigenvalue weighted by Crippen LogP contribution is 2.06. The van der Waals surface area contributed by atoms with Crippen LogP contribution in [-0.4, -0.2) is 19.3 Å². The smallest absolute Gasteiger partial charge is 0.269 e. The predicted octanol–water partition coefficient (Wildman–Crippen LogP) is 1.66. The third kappa shape index (κ3) is 2.52. The van der Waals surface area contributed by atoms with Crippen molar-refractivity contribution < 1.29 is 0 Å². The fourth-order valence-electron chi connectivity index (χ4n) is 2.15. The summed E-state index contributed by atoms with van der Waals surface area (Å²) in [6, 6.07) is 13.3. The van der Waals surface area contributed by atoms with Crippen LogP contribution in [0.1, 0.15) is 17.0 Å². The Labute approximate surface area is 126 Å². The second-order valence-corrected chi connectivity index (χ2v) is 4.86. The average Bonchev–Trinajstić information content (AvgIpc) is 3.00. The molecule has 0 saturated carbocycles. The van der Waals surface area contributed by atoms with Gasteiger partial charge in [-0.15, -0.1) is 5.10 Å². The average molecular weight is 291 g/mol. The van der Waals surface area contributed by atoms with Crippen LogP contribution in [0.4, 0.5) is 0 Å². The summed E-state index contributed by atoms with van der Waals surface area (Å²) >= 11 is 0. The largest absolute Gasteiger partial charge is 0.307 e. The summed E-state index contributed by atoms with van der Waals surface area (Å²) in [5.74, 6) is 0.513. The maximum atomic E-state index is 12.2. The number of pyridine rings is 1. The van der Waals surface area contributed by atoms with Crippen LogP contribution in [0.2, 0.25) is 0 Å². The molecule has 2 aromatic heterocycles. The molecule has 0 aliphatic heterocycles. The zero-order valence-electron chi connectivity index (χ0n) is 12.0. The number of nitrogens with zero attached hydrogens (tertiary/aromatic N) is 5. The first kappa shape index (κ1) is 13.8. The molecule has 0 aliphatic rings. The summed E-state index contributed by atoms with van der Waals surface area (Å²) in [6.07, 6.45) is 3.26. The molecule has 6 nitrogen and oxygen atoms in total. The molecule has 0 aliphatic carbocycles. The molecule has 0 saturated heterocycles. The summed E-state index contributed by atoms with van der Waals surface area (Å²) in [5, 5.41) is 13.4. The number of hydrogen-bond acceptors (Lipinski definition) is 4. The van der Waals surface area contributed by atoms with Crippen molar-refractivity contribution in [3.05, 3.63) is 76.2 Å². The van der Waals surface area contributed by atoms with Crippen molar-refractivity contribution in [2.75, 3.05) is 0 Å². The summed E-state index contributed by atoms with van der Waals surface area (Å²) in [6.45, 7) is 1.97. The maximum Gasteiger partial charge on any atom is 0.269 e. The number of para-hydroxylation sites is 1. The zero-order chi connectivity index (χ0) is 15.5. The molecule has 22 heavy (non-hydrogen) atoms. The first-order chi connectivity index (χ1) is 10.7. The monoisotopic (exact) mass is 291 g/mol. The second-order valence-electron chi connectivity index (χ2n) is 4.86. The summed E-state index contributed by atoms with van der Waals surface area (Å²) in [4.78, 5) is 16.4. The van der Waals surface area contributed by atoms with Crippen LogP contribution in [0.25, 0.3) is 5.69 Å². The predicted molar refractivity (Wildman–Crippen MR) is 80.6 cm³/mol. The highest BCUT2D eigenvalue weighted by atomic mass is 16.1. The van der Waals surface area contributed by atoms with Crippen molar-refractivity contribution in [1.82, 2.24) is 19.3 Å². The Hall–Kier alpha value is -3.20. The lowest BCUT2D eigenvalue weighted by atomic mass is 10.2. The molecular weight excluding hydrogens is 278 g/mol. The fourth-order valence-corrected chi connectivity index (χ4v) is 2.15. The van der Waals surface area contributed by atoms with Gasteiger partial charge in [-0.2, -0.15) is 5.26 Å². The molecule has 0 atom stereocenters. The van der Waals surface area contributed by atoms with Gasteiger partial charge in [-0.25, -0.2) is 9.67 Å². The van der Waals surface area contributed by atoms with E-state index in [1.54, 1.807) is 30.2 Å². The van der Waals surface area contributed by atoms with Gasteiger partial charge in [0.25, 0.3) is 5.56 Å². The number of rotatable bonds is 3. The molecule has 108 valence electrons. The highest BCUT2D eigenvalue weighted by molar-refractivity contribution is 5.34. The van der Waals surface area contributed by atoms with Gasteiger partial charge in [0.15, 0.2) is 5.82 Å². The maximum absolute atomic E-state index is 12.2. The Kier molecular flexibility index (Phi) is 3.54. The molecule has 6 heteroatoms. The molecule has 0 radical (unpaired) electrons. The van der Waals surface area contributed by atoms with Gasteiger partial charge in [-0.1, -0.05) is 18.2 Å². The van der Waals surface area contributed by atoms with Gasteiger partial charge in [0.05, 0.1) is 12.2 Å². The van der Waals surface area contributed by atoms with Crippen molar-refractivity contribution >= 4 is 0 Å². The van der Waals surface area contributed by atoms with Crippen LogP contribution < -0.4 is 5.56 Å². The Balaban J connectivity index is 1.91. The molecular formula is C16H13N5O. The van der Waals surface area contributed by atoms with Gasteiger partial charge in [-0.05, 0) is 30.7 Å². The normalized spacial score (nSPS) is 10.4. The molecule has 0 amide bonds. The van der Waals surface area contributed by atoms with E-state index < -0.39 is 0 Å². The minimum Gasteiger partial charge on any atom is -0.307 e. The van der Waals surface area contributed by atoms with E-state index in [4.69, 9.17) is 5.26 Å². The van der Waals surface area contributed by atoms with Crippen molar-refractivity contribution in [3.63, 3.8) is 0 Å². The van der Waals surface area contributed by atoms with Gasteiger partial charge < -0.3 is 4.57 Å². The van der Waals surface area contributed by atoms with Crippen LogP contribution in [0.3, 0.4) is 0 Å². The topological polar surface area (TPSA) is 76.5 Å². The first-order valence-electron chi connectivity index (χ1n) is 6.75. The molecule has 0 unspecified atom stereocenters. The van der Waals surface area contributed by atoms with E-state index >= 15 is 0 Å². The van der Waals surface area contributed by atoms with E-state index in [9.17, 15) is 4.79 Å². The number of hydrogen-bond donors (Lipinski definition) is 0. The van der Waals surface area contributed by atoms with E-state index in [0.29, 0.717) is 11.4 Å². The van der Waals surface area contributed by atoms with Gasteiger partial charge in [0, 0.05) is 6.20 Å². The Morgan fingerprint density at radius 2 is 2.00 bits per heavy atom. The lowest BCUT2D eigenvalue weighted by Crippen LogP contribution is -2.24. The zero-order valence-corrected chi connectivity index (χ0v) is 12.0. The second kappa shape index (κ2) is 5.66. The number of aryl methyl sites for hydroxylation is 1. The van der Waals surface area contributed by atoms with E-state index in [2.05, 4.69) is 10.1 Å². The summed E-state index contributed by atoms with van der Waals surface area (Å²) in [5.41, 5.74) is 1.41. The van der Waals surface area contributed by atoms with Crippen LogP contribution in [-0.2, 0) is 6.54 Å². The number of benzene rings is 1. The molecule has 2 heterocycles. The molecule has 0 bridgehead atoms. The molecule has 0 N–H and O–H groups in total. The summed E-state index contributed by atoms with van der Waals surface area (Å²) in [7, 11) is 0. The minimum atomic E-state index is -0.321. The lowest BCUT2D eigenvalue weighted by molar-refractivity contribution is 0.703. The lowest BCUT2D eigenvalue weighted by Gasteiger charge is -2.04. The highest BCUT2D eigenvalue weighted by Gasteiger charge is 2.09. The summed E-state index contributed by atoms with van der Waals surface area (Å²) < 4.78 is 3.09. The van der Waals surface area contributed by atoms with Crippen LogP contribution in [0.5, 0.6) is 0 Å². The van der Waals surface area contributed by atoms with E-state index in [0.717, 1.165) is 5.69 Å². The van der Waals surface area contributed by atoms with Crippen LogP contribution in [0, 0.1) is 18.3 Å². The van der Waals surface area contributed by atoms with Crippen LogP contribution in [0.15, 0.2) is 53.7 Å².